The van der Waals surface area contributed by atoms with Crippen molar-refractivity contribution in [1.82, 2.24) is 25.1 Å². The van der Waals surface area contributed by atoms with Crippen molar-refractivity contribution >= 4 is 34.0 Å². The van der Waals surface area contributed by atoms with Gasteiger partial charge in [-0.25, -0.2) is 4.98 Å². The number of carbonyl (C=O) groups excluding carboxylic acids is 2. The second-order valence-corrected chi connectivity index (χ2v) is 10.6. The number of aryl methyl sites for hydroxylation is 2. The number of nitrogens with zero attached hydrogens (tertiary/aromatic N) is 4. The van der Waals surface area contributed by atoms with E-state index in [9.17, 15) is 9.59 Å². The van der Waals surface area contributed by atoms with Crippen molar-refractivity contribution in [1.29, 1.82) is 0 Å². The van der Waals surface area contributed by atoms with Gasteiger partial charge >= 0.3 is 0 Å². The summed E-state index contributed by atoms with van der Waals surface area (Å²) in [5.74, 6) is 1.79. The first-order valence-electron chi connectivity index (χ1n) is 11.8. The van der Waals surface area contributed by atoms with Gasteiger partial charge < -0.3 is 25.4 Å². The number of rotatable bonds is 7. The zero-order valence-corrected chi connectivity index (χ0v) is 19.8. The van der Waals surface area contributed by atoms with Gasteiger partial charge in [-0.3, -0.25) is 9.59 Å². The molecule has 0 spiro atoms. The Hall–Kier alpha value is -3.21. The molecule has 6 rings (SSSR count). The SMILES string of the molecule is Cc1nnc(-c2ncn([C@H]3CCc4sc(NC(=O)C5CC5)c(C(=O)NCC5CC5)c4C3)c2N)o1. The largest absolute Gasteiger partial charge is 0.420 e. The van der Waals surface area contributed by atoms with Gasteiger partial charge in [-0.15, -0.1) is 21.5 Å². The summed E-state index contributed by atoms with van der Waals surface area (Å²) in [6.45, 7) is 2.41. The Morgan fingerprint density at radius 1 is 1.24 bits per heavy atom. The van der Waals surface area contributed by atoms with E-state index in [1.54, 1.807) is 13.3 Å². The van der Waals surface area contributed by atoms with E-state index >= 15 is 0 Å². The maximum atomic E-state index is 13.3. The number of hydrogen-bond donors (Lipinski definition) is 3. The highest BCUT2D eigenvalue weighted by molar-refractivity contribution is 7.17. The van der Waals surface area contributed by atoms with E-state index in [1.165, 1.54) is 11.3 Å². The van der Waals surface area contributed by atoms with E-state index in [0.29, 0.717) is 52.7 Å². The molecule has 11 heteroatoms. The second kappa shape index (κ2) is 8.23. The molecule has 3 aliphatic rings. The van der Waals surface area contributed by atoms with Crippen LogP contribution in [0.1, 0.15) is 64.8 Å². The third kappa shape index (κ3) is 3.97. The highest BCUT2D eigenvalue weighted by Gasteiger charge is 2.35. The van der Waals surface area contributed by atoms with Gasteiger partial charge in [-0.2, -0.15) is 0 Å². The summed E-state index contributed by atoms with van der Waals surface area (Å²) in [6.07, 6.45) is 8.17. The number of amides is 2. The van der Waals surface area contributed by atoms with Gasteiger partial charge in [-0.1, -0.05) is 0 Å². The van der Waals surface area contributed by atoms with E-state index in [-0.39, 0.29) is 23.8 Å². The fourth-order valence-electron chi connectivity index (χ4n) is 4.56. The molecule has 2 fully saturated rings. The number of aromatic nitrogens is 4. The van der Waals surface area contributed by atoms with E-state index < -0.39 is 0 Å². The van der Waals surface area contributed by atoms with Crippen molar-refractivity contribution in [2.45, 2.75) is 57.9 Å². The van der Waals surface area contributed by atoms with Crippen molar-refractivity contribution in [2.75, 3.05) is 17.6 Å². The Morgan fingerprint density at radius 3 is 2.76 bits per heavy atom. The van der Waals surface area contributed by atoms with Gasteiger partial charge in [-0.05, 0) is 56.4 Å². The van der Waals surface area contributed by atoms with E-state index in [0.717, 1.165) is 49.0 Å². The van der Waals surface area contributed by atoms with Gasteiger partial charge in [0.05, 0.1) is 11.9 Å². The van der Waals surface area contributed by atoms with Crippen LogP contribution in [0.15, 0.2) is 10.7 Å². The van der Waals surface area contributed by atoms with Gasteiger partial charge in [0.1, 0.15) is 10.8 Å². The predicted molar refractivity (Wildman–Crippen MR) is 126 cm³/mol. The third-order valence-electron chi connectivity index (χ3n) is 6.85. The van der Waals surface area contributed by atoms with Crippen LogP contribution in [0.2, 0.25) is 0 Å². The van der Waals surface area contributed by atoms with Gasteiger partial charge in [0.25, 0.3) is 11.8 Å². The number of fused-ring (bicyclic) bond motifs is 1. The number of anilines is 2. The first-order chi connectivity index (χ1) is 16.5. The summed E-state index contributed by atoms with van der Waals surface area (Å²) in [5.41, 5.74) is 8.52. The van der Waals surface area contributed by atoms with Crippen LogP contribution in [0.4, 0.5) is 10.8 Å². The number of nitrogen functional groups attached to an aromatic ring is 1. The Balaban J connectivity index is 1.29. The number of hydrogen-bond acceptors (Lipinski definition) is 8. The van der Waals surface area contributed by atoms with Crippen LogP contribution in [-0.2, 0) is 17.6 Å². The Morgan fingerprint density at radius 2 is 2.06 bits per heavy atom. The van der Waals surface area contributed by atoms with Crippen LogP contribution < -0.4 is 16.4 Å². The summed E-state index contributed by atoms with van der Waals surface area (Å²) < 4.78 is 7.44. The minimum atomic E-state index is -0.100. The molecule has 0 radical (unpaired) electrons. The molecule has 178 valence electrons. The summed E-state index contributed by atoms with van der Waals surface area (Å²) in [4.78, 5) is 31.4. The van der Waals surface area contributed by atoms with Crippen molar-refractivity contribution in [3.63, 3.8) is 0 Å². The number of nitrogens with one attached hydrogen (secondary N) is 2. The maximum absolute atomic E-state index is 13.3. The molecule has 3 aromatic rings. The quantitative estimate of drug-likeness (QED) is 0.471. The Bertz CT molecular complexity index is 1270. The molecule has 1 atom stereocenters. The monoisotopic (exact) mass is 481 g/mol. The molecular weight excluding hydrogens is 454 g/mol. The second-order valence-electron chi connectivity index (χ2n) is 9.53. The molecule has 0 aliphatic heterocycles. The van der Waals surface area contributed by atoms with Crippen LogP contribution in [-0.4, -0.2) is 38.1 Å². The standard InChI is InChI=1S/C23H27N7O3S/c1-11-28-29-22(33-11)18-19(24)30(10-26-18)14-6-7-16-15(8-14)17(21(32)25-9-12-2-3-12)23(34-16)27-20(31)13-4-5-13/h10,12-14H,2-9,24H2,1H3,(H,25,32)(H,27,31)/t14-/m0/s1. The lowest BCUT2D eigenvalue weighted by molar-refractivity contribution is -0.117. The van der Waals surface area contributed by atoms with Crippen LogP contribution in [0, 0.1) is 18.8 Å². The number of thiophene rings is 1. The lowest BCUT2D eigenvalue weighted by Gasteiger charge is -2.25. The zero-order chi connectivity index (χ0) is 23.4. The molecule has 2 amide bonds. The lowest BCUT2D eigenvalue weighted by atomic mass is 9.91. The lowest BCUT2D eigenvalue weighted by Crippen LogP contribution is -2.28. The fourth-order valence-corrected chi connectivity index (χ4v) is 5.80. The molecule has 3 aromatic heterocycles. The number of carbonyl (C=O) groups is 2. The molecule has 0 aromatic carbocycles. The number of imidazole rings is 1. The molecule has 0 bridgehead atoms. The summed E-state index contributed by atoms with van der Waals surface area (Å²) in [6, 6.07) is 0.0364. The summed E-state index contributed by atoms with van der Waals surface area (Å²) >= 11 is 1.54. The smallest absolute Gasteiger partial charge is 0.270 e. The predicted octanol–water partition coefficient (Wildman–Crippen LogP) is 3.10. The molecule has 34 heavy (non-hydrogen) atoms. The Kier molecular flexibility index (Phi) is 5.16. The van der Waals surface area contributed by atoms with Crippen molar-refractivity contribution in [3.05, 3.63) is 28.2 Å². The highest BCUT2D eigenvalue weighted by atomic mass is 32.1. The molecular formula is C23H27N7O3S. The maximum Gasteiger partial charge on any atom is 0.270 e. The van der Waals surface area contributed by atoms with Gasteiger partial charge in [0.15, 0.2) is 5.69 Å². The van der Waals surface area contributed by atoms with E-state index in [2.05, 4.69) is 25.8 Å². The average Bonchev–Trinajstić information content (AvgIpc) is 3.73. The fraction of sp³-hybridized carbons (Fsp3) is 0.522. The van der Waals surface area contributed by atoms with Crippen LogP contribution in [0.5, 0.6) is 0 Å². The minimum Gasteiger partial charge on any atom is -0.420 e. The molecule has 0 saturated heterocycles. The van der Waals surface area contributed by atoms with Crippen LogP contribution >= 0.6 is 11.3 Å². The number of nitrogens with two attached hydrogens (primary N) is 1. The van der Waals surface area contributed by atoms with Gasteiger partial charge in [0.2, 0.25) is 11.8 Å². The van der Waals surface area contributed by atoms with Crippen molar-refractivity contribution < 1.29 is 14.0 Å². The Labute approximate surface area is 200 Å². The highest BCUT2D eigenvalue weighted by Crippen LogP contribution is 2.43. The van der Waals surface area contributed by atoms with Crippen LogP contribution in [0.3, 0.4) is 0 Å². The molecule has 3 aliphatic carbocycles. The van der Waals surface area contributed by atoms with Gasteiger partial charge in [0, 0.05) is 30.3 Å². The zero-order valence-electron chi connectivity index (χ0n) is 19.0. The minimum absolute atomic E-state index is 0.0183. The summed E-state index contributed by atoms with van der Waals surface area (Å²) in [7, 11) is 0. The molecule has 4 N–H and O–H groups in total. The molecule has 10 nitrogen and oxygen atoms in total. The third-order valence-corrected chi connectivity index (χ3v) is 8.06. The first kappa shape index (κ1) is 21.3. The molecule has 2 saturated carbocycles. The van der Waals surface area contributed by atoms with Crippen LogP contribution in [0.25, 0.3) is 11.6 Å². The molecule has 3 heterocycles. The first-order valence-corrected chi connectivity index (χ1v) is 12.7. The van der Waals surface area contributed by atoms with Crippen molar-refractivity contribution in [2.24, 2.45) is 11.8 Å². The topological polar surface area (TPSA) is 141 Å². The van der Waals surface area contributed by atoms with Crippen molar-refractivity contribution in [3.8, 4) is 11.6 Å². The normalized spacial score (nSPS) is 19.6. The molecule has 0 unspecified atom stereocenters. The average molecular weight is 482 g/mol. The van der Waals surface area contributed by atoms with E-state index in [1.807, 2.05) is 4.57 Å². The van der Waals surface area contributed by atoms with E-state index in [4.69, 9.17) is 10.2 Å². The summed E-state index contributed by atoms with van der Waals surface area (Å²) in [5, 5.41) is 14.7.